The number of aromatic nitrogens is 5. The molecule has 32 heavy (non-hydrogen) atoms. The minimum Gasteiger partial charge on any atom is -0.425 e. The lowest BCUT2D eigenvalue weighted by molar-refractivity contribution is 0.277. The zero-order valence-corrected chi connectivity index (χ0v) is 18.4. The van der Waals surface area contributed by atoms with Gasteiger partial charge in [0.25, 0.3) is 5.56 Å². The fraction of sp³-hybridized carbons (Fsp3) is 0.273. The van der Waals surface area contributed by atoms with Crippen molar-refractivity contribution in [3.63, 3.8) is 0 Å². The van der Waals surface area contributed by atoms with Gasteiger partial charge >= 0.3 is 11.7 Å². The fourth-order valence-electron chi connectivity index (χ4n) is 3.38. The first kappa shape index (κ1) is 21.8. The smallest absolute Gasteiger partial charge is 0.332 e. The molecule has 0 saturated heterocycles. The standard InChI is InChI=1S/C22H22ClN5O4/c1-14-4-8-17(9-5-14)32-21-25-19-18(28(21)13-16-7-6-15(23)12-24-16)20(30)27(10-3-11-29)22(31)26(19)2/h4-9,12,29H,3,10-11,13H2,1-2H3. The number of fused-ring (bicyclic) bond motifs is 1. The largest absolute Gasteiger partial charge is 0.425 e. The van der Waals surface area contributed by atoms with Crippen molar-refractivity contribution in [3.8, 4) is 11.8 Å². The summed E-state index contributed by atoms with van der Waals surface area (Å²) in [6, 6.07) is 11.0. The maximum atomic E-state index is 13.3. The van der Waals surface area contributed by atoms with Gasteiger partial charge in [0, 0.05) is 26.4 Å². The minimum absolute atomic E-state index is 0.0937. The van der Waals surface area contributed by atoms with Crippen molar-refractivity contribution in [2.45, 2.75) is 26.4 Å². The van der Waals surface area contributed by atoms with Crippen LogP contribution >= 0.6 is 11.6 Å². The van der Waals surface area contributed by atoms with Crippen LogP contribution in [0.25, 0.3) is 11.2 Å². The molecule has 166 valence electrons. The van der Waals surface area contributed by atoms with Gasteiger partial charge in [-0.25, -0.2) is 4.79 Å². The van der Waals surface area contributed by atoms with Crippen molar-refractivity contribution in [3.05, 3.63) is 79.7 Å². The highest BCUT2D eigenvalue weighted by Gasteiger charge is 2.22. The summed E-state index contributed by atoms with van der Waals surface area (Å²) in [5, 5.41) is 9.67. The molecule has 0 bridgehead atoms. The second-order valence-corrected chi connectivity index (χ2v) is 7.85. The number of aliphatic hydroxyl groups excluding tert-OH is 1. The Balaban J connectivity index is 1.92. The number of aliphatic hydroxyl groups is 1. The number of nitrogens with zero attached hydrogens (tertiary/aromatic N) is 5. The third-order valence-electron chi connectivity index (χ3n) is 5.08. The summed E-state index contributed by atoms with van der Waals surface area (Å²) in [4.78, 5) is 34.8. The summed E-state index contributed by atoms with van der Waals surface area (Å²) in [6.07, 6.45) is 1.80. The molecule has 9 nitrogen and oxygen atoms in total. The van der Waals surface area contributed by atoms with E-state index in [9.17, 15) is 14.7 Å². The molecule has 0 aliphatic carbocycles. The molecule has 4 aromatic rings. The quantitative estimate of drug-likeness (QED) is 0.459. The van der Waals surface area contributed by atoms with Gasteiger partial charge in [-0.05, 0) is 37.6 Å². The second kappa shape index (κ2) is 8.97. The molecule has 0 amide bonds. The van der Waals surface area contributed by atoms with E-state index in [1.54, 1.807) is 35.9 Å². The van der Waals surface area contributed by atoms with Crippen LogP contribution < -0.4 is 16.0 Å². The highest BCUT2D eigenvalue weighted by molar-refractivity contribution is 6.30. The Kier molecular flexibility index (Phi) is 6.11. The Hall–Kier alpha value is -3.43. The molecule has 0 aliphatic heterocycles. The molecule has 10 heteroatoms. The van der Waals surface area contributed by atoms with Gasteiger partial charge < -0.3 is 9.84 Å². The van der Waals surface area contributed by atoms with E-state index in [4.69, 9.17) is 16.3 Å². The van der Waals surface area contributed by atoms with Crippen LogP contribution in [0.3, 0.4) is 0 Å². The van der Waals surface area contributed by atoms with E-state index in [1.165, 1.54) is 10.8 Å². The van der Waals surface area contributed by atoms with Gasteiger partial charge in [-0.3, -0.25) is 23.5 Å². The van der Waals surface area contributed by atoms with E-state index in [1.807, 2.05) is 19.1 Å². The molecule has 0 atom stereocenters. The number of halogens is 1. The van der Waals surface area contributed by atoms with Gasteiger partial charge in [0.2, 0.25) is 0 Å². The van der Waals surface area contributed by atoms with E-state index < -0.39 is 11.2 Å². The summed E-state index contributed by atoms with van der Waals surface area (Å²) in [7, 11) is 1.55. The number of aryl methyl sites for hydroxylation is 2. The van der Waals surface area contributed by atoms with E-state index in [-0.39, 0.29) is 43.3 Å². The molecule has 3 heterocycles. The van der Waals surface area contributed by atoms with Gasteiger partial charge in [-0.15, -0.1) is 0 Å². The number of pyridine rings is 1. The number of hydrogen-bond donors (Lipinski definition) is 1. The third-order valence-corrected chi connectivity index (χ3v) is 5.30. The number of imidazole rings is 1. The zero-order chi connectivity index (χ0) is 22.8. The summed E-state index contributed by atoms with van der Waals surface area (Å²) in [5.41, 5.74) is 1.12. The molecule has 0 aliphatic rings. The number of benzene rings is 1. The SMILES string of the molecule is Cc1ccc(Oc2nc3c(c(=O)n(CCCO)c(=O)n3C)n2Cc2ccc(Cl)cn2)cc1. The van der Waals surface area contributed by atoms with Crippen LogP contribution in [0, 0.1) is 6.92 Å². The van der Waals surface area contributed by atoms with E-state index >= 15 is 0 Å². The van der Waals surface area contributed by atoms with Gasteiger partial charge in [0.05, 0.1) is 17.3 Å². The molecule has 0 unspecified atom stereocenters. The normalized spacial score (nSPS) is 11.2. The van der Waals surface area contributed by atoms with Crippen molar-refractivity contribution in [1.82, 2.24) is 23.7 Å². The van der Waals surface area contributed by atoms with Gasteiger partial charge in [0.1, 0.15) is 5.75 Å². The topological polar surface area (TPSA) is 104 Å². The van der Waals surface area contributed by atoms with E-state index in [0.29, 0.717) is 16.5 Å². The van der Waals surface area contributed by atoms with Crippen LogP contribution in [-0.2, 0) is 20.1 Å². The average Bonchev–Trinajstić information content (AvgIpc) is 3.13. The maximum Gasteiger partial charge on any atom is 0.332 e. The average molecular weight is 456 g/mol. The van der Waals surface area contributed by atoms with Crippen molar-refractivity contribution >= 4 is 22.8 Å². The van der Waals surface area contributed by atoms with Crippen LogP contribution in [0.2, 0.25) is 5.02 Å². The molecule has 1 N–H and O–H groups in total. The molecular formula is C22H22ClN5O4. The van der Waals surface area contributed by atoms with Gasteiger partial charge in [0.15, 0.2) is 11.2 Å². The van der Waals surface area contributed by atoms with Gasteiger partial charge in [-0.2, -0.15) is 4.98 Å². The lowest BCUT2D eigenvalue weighted by Crippen LogP contribution is -2.39. The Labute approximate surface area is 188 Å². The molecular weight excluding hydrogens is 434 g/mol. The number of hydrogen-bond acceptors (Lipinski definition) is 6. The zero-order valence-electron chi connectivity index (χ0n) is 17.7. The lowest BCUT2D eigenvalue weighted by Gasteiger charge is -2.11. The summed E-state index contributed by atoms with van der Waals surface area (Å²) < 4.78 is 10.0. The predicted octanol–water partition coefficient (Wildman–Crippen LogP) is 2.48. The van der Waals surface area contributed by atoms with Crippen molar-refractivity contribution in [2.75, 3.05) is 6.61 Å². The maximum absolute atomic E-state index is 13.3. The van der Waals surface area contributed by atoms with Crippen LogP contribution in [0.5, 0.6) is 11.8 Å². The molecule has 3 aromatic heterocycles. The first-order valence-corrected chi connectivity index (χ1v) is 10.4. The second-order valence-electron chi connectivity index (χ2n) is 7.41. The Morgan fingerprint density at radius 1 is 1.09 bits per heavy atom. The highest BCUT2D eigenvalue weighted by atomic mass is 35.5. The lowest BCUT2D eigenvalue weighted by atomic mass is 10.2. The van der Waals surface area contributed by atoms with Crippen molar-refractivity contribution in [1.29, 1.82) is 0 Å². The van der Waals surface area contributed by atoms with Crippen LogP contribution in [0.4, 0.5) is 0 Å². The summed E-state index contributed by atoms with van der Waals surface area (Å²) >= 11 is 5.95. The molecule has 0 saturated carbocycles. The Morgan fingerprint density at radius 3 is 2.50 bits per heavy atom. The highest BCUT2D eigenvalue weighted by Crippen LogP contribution is 2.25. The Morgan fingerprint density at radius 2 is 1.84 bits per heavy atom. The molecule has 0 radical (unpaired) electrons. The first-order chi connectivity index (χ1) is 15.4. The summed E-state index contributed by atoms with van der Waals surface area (Å²) in [5.74, 6) is 0.543. The van der Waals surface area contributed by atoms with E-state index in [2.05, 4.69) is 9.97 Å². The first-order valence-electron chi connectivity index (χ1n) is 10.0. The summed E-state index contributed by atoms with van der Waals surface area (Å²) in [6.45, 7) is 2.11. The molecule has 0 spiro atoms. The van der Waals surface area contributed by atoms with E-state index in [0.717, 1.165) is 10.1 Å². The number of ether oxygens (including phenoxy) is 1. The molecule has 0 fully saturated rings. The van der Waals surface area contributed by atoms with Crippen LogP contribution in [-0.4, -0.2) is 35.4 Å². The third kappa shape index (κ3) is 4.17. The predicted molar refractivity (Wildman–Crippen MR) is 121 cm³/mol. The van der Waals surface area contributed by atoms with Gasteiger partial charge in [-0.1, -0.05) is 29.3 Å². The van der Waals surface area contributed by atoms with Crippen molar-refractivity contribution < 1.29 is 9.84 Å². The minimum atomic E-state index is -0.507. The molecule has 4 rings (SSSR count). The van der Waals surface area contributed by atoms with Crippen LogP contribution in [0.1, 0.15) is 17.7 Å². The monoisotopic (exact) mass is 455 g/mol. The van der Waals surface area contributed by atoms with Crippen molar-refractivity contribution in [2.24, 2.45) is 7.05 Å². The fourth-order valence-corrected chi connectivity index (χ4v) is 3.49. The molecule has 1 aromatic carbocycles. The van der Waals surface area contributed by atoms with Crippen LogP contribution in [0.15, 0.2) is 52.2 Å². The Bertz CT molecular complexity index is 1370. The number of rotatable bonds is 7.